The summed E-state index contributed by atoms with van der Waals surface area (Å²) in [5, 5.41) is 17.7. The largest absolute Gasteiger partial charge is 0.491 e. The van der Waals surface area contributed by atoms with E-state index in [9.17, 15) is 9.59 Å². The van der Waals surface area contributed by atoms with Gasteiger partial charge in [0.1, 0.15) is 18.8 Å². The Kier molecular flexibility index (Phi) is 5.66. The first-order chi connectivity index (χ1) is 9.04. The number of aliphatic carboxylic acids is 2. The quantitative estimate of drug-likeness (QED) is 0.741. The topological polar surface area (TPSA) is 87.1 Å². The van der Waals surface area contributed by atoms with Crippen LogP contribution in [-0.2, 0) is 9.59 Å². The second kappa shape index (κ2) is 7.25. The molecular weight excluding hydrogens is 250 g/mol. The summed E-state index contributed by atoms with van der Waals surface area (Å²) in [6, 6.07) is 6.82. The van der Waals surface area contributed by atoms with Crippen molar-refractivity contribution in [2.45, 2.75) is 13.3 Å². The molecule has 0 aliphatic heterocycles. The van der Waals surface area contributed by atoms with Crippen LogP contribution in [0, 0.1) is 0 Å². The molecule has 6 nitrogen and oxygen atoms in total. The van der Waals surface area contributed by atoms with Gasteiger partial charge in [-0.25, -0.2) is 0 Å². The summed E-state index contributed by atoms with van der Waals surface area (Å²) < 4.78 is 5.50. The lowest BCUT2D eigenvalue weighted by Crippen LogP contribution is -2.34. The van der Waals surface area contributed by atoms with Gasteiger partial charge in [0.2, 0.25) is 0 Å². The van der Waals surface area contributed by atoms with Crippen LogP contribution in [0.25, 0.3) is 0 Å². The fourth-order valence-corrected chi connectivity index (χ4v) is 1.61. The van der Waals surface area contributed by atoms with Crippen molar-refractivity contribution in [1.29, 1.82) is 0 Å². The maximum Gasteiger partial charge on any atom is 0.323 e. The van der Waals surface area contributed by atoms with Gasteiger partial charge in [-0.3, -0.25) is 9.59 Å². The number of rotatable bonds is 8. The fraction of sp³-hybridized carbons (Fsp3) is 0.385. The van der Waals surface area contributed by atoms with Crippen LogP contribution in [0.3, 0.4) is 0 Å². The summed E-state index contributed by atoms with van der Waals surface area (Å²) in [5.41, 5.74) is 0.473. The summed E-state index contributed by atoms with van der Waals surface area (Å²) >= 11 is 0. The first-order valence-electron chi connectivity index (χ1n) is 5.95. The molecule has 6 heteroatoms. The van der Waals surface area contributed by atoms with Gasteiger partial charge in [-0.2, -0.15) is 0 Å². The van der Waals surface area contributed by atoms with E-state index in [0.717, 1.165) is 6.42 Å². The van der Waals surface area contributed by atoms with Crippen LogP contribution < -0.4 is 9.64 Å². The normalized spacial score (nSPS) is 9.95. The number of para-hydroxylation sites is 2. The number of nitrogens with zero attached hydrogens (tertiary/aromatic N) is 1. The van der Waals surface area contributed by atoms with Crippen molar-refractivity contribution in [3.63, 3.8) is 0 Å². The highest BCUT2D eigenvalue weighted by atomic mass is 16.5. The highest BCUT2D eigenvalue weighted by Crippen LogP contribution is 2.27. The number of hydrogen-bond donors (Lipinski definition) is 2. The minimum absolute atomic E-state index is 0.390. The Bertz CT molecular complexity index is 430. The fourth-order valence-electron chi connectivity index (χ4n) is 1.61. The zero-order valence-corrected chi connectivity index (χ0v) is 10.7. The highest BCUT2D eigenvalue weighted by Gasteiger charge is 2.17. The first-order valence-corrected chi connectivity index (χ1v) is 5.95. The summed E-state index contributed by atoms with van der Waals surface area (Å²) in [5.74, 6) is -1.69. The van der Waals surface area contributed by atoms with Crippen LogP contribution in [0.15, 0.2) is 24.3 Å². The average Bonchev–Trinajstić information content (AvgIpc) is 2.35. The summed E-state index contributed by atoms with van der Waals surface area (Å²) in [6.45, 7) is 1.66. The molecule has 0 bridgehead atoms. The average molecular weight is 267 g/mol. The smallest absolute Gasteiger partial charge is 0.323 e. The molecule has 1 rings (SSSR count). The Morgan fingerprint density at radius 2 is 1.74 bits per heavy atom. The predicted molar refractivity (Wildman–Crippen MR) is 69.7 cm³/mol. The molecule has 1 aromatic carbocycles. The molecule has 0 aliphatic rings. The van der Waals surface area contributed by atoms with Crippen LogP contribution in [0.2, 0.25) is 0 Å². The Morgan fingerprint density at radius 3 is 2.26 bits per heavy atom. The van der Waals surface area contributed by atoms with Crippen molar-refractivity contribution in [2.24, 2.45) is 0 Å². The van der Waals surface area contributed by atoms with E-state index in [0.29, 0.717) is 18.0 Å². The van der Waals surface area contributed by atoms with Crippen LogP contribution >= 0.6 is 0 Å². The molecule has 0 fully saturated rings. The second-order valence-corrected chi connectivity index (χ2v) is 3.96. The molecule has 0 spiro atoms. The van der Waals surface area contributed by atoms with E-state index in [1.165, 1.54) is 4.90 Å². The molecule has 19 heavy (non-hydrogen) atoms. The molecule has 1 aromatic rings. The van der Waals surface area contributed by atoms with Crippen LogP contribution in [0.5, 0.6) is 5.75 Å². The van der Waals surface area contributed by atoms with Gasteiger partial charge in [0.05, 0.1) is 12.3 Å². The van der Waals surface area contributed by atoms with Gasteiger partial charge in [0.25, 0.3) is 0 Å². The molecular formula is C13H17NO5. The number of hydrogen-bond acceptors (Lipinski definition) is 4. The Hall–Kier alpha value is -2.24. The minimum atomic E-state index is -1.09. The van der Waals surface area contributed by atoms with E-state index in [1.54, 1.807) is 24.3 Å². The van der Waals surface area contributed by atoms with Crippen LogP contribution in [-0.4, -0.2) is 41.8 Å². The zero-order valence-electron chi connectivity index (χ0n) is 10.7. The van der Waals surface area contributed by atoms with Gasteiger partial charge < -0.3 is 19.8 Å². The van der Waals surface area contributed by atoms with Crippen LogP contribution in [0.4, 0.5) is 5.69 Å². The maximum atomic E-state index is 10.8. The van der Waals surface area contributed by atoms with Gasteiger partial charge >= 0.3 is 11.9 Å². The number of carboxylic acids is 2. The molecule has 0 saturated carbocycles. The summed E-state index contributed by atoms with van der Waals surface area (Å²) in [7, 11) is 0. The predicted octanol–water partition coefficient (Wildman–Crippen LogP) is 1.45. The minimum Gasteiger partial charge on any atom is -0.491 e. The molecule has 0 amide bonds. The number of anilines is 1. The lowest BCUT2D eigenvalue weighted by Gasteiger charge is -2.23. The van der Waals surface area contributed by atoms with E-state index >= 15 is 0 Å². The van der Waals surface area contributed by atoms with Crippen LogP contribution in [0.1, 0.15) is 13.3 Å². The zero-order chi connectivity index (χ0) is 14.3. The van der Waals surface area contributed by atoms with E-state index in [4.69, 9.17) is 14.9 Å². The number of benzene rings is 1. The molecule has 0 aliphatic carbocycles. The molecule has 104 valence electrons. The highest BCUT2D eigenvalue weighted by molar-refractivity contribution is 5.80. The molecule has 0 aromatic heterocycles. The lowest BCUT2D eigenvalue weighted by molar-refractivity contribution is -0.136. The third kappa shape index (κ3) is 4.87. The SMILES string of the molecule is CCCOc1ccccc1N(CC(=O)O)CC(=O)O. The standard InChI is InChI=1S/C13H17NO5/c1-2-7-19-11-6-4-3-5-10(11)14(8-12(15)16)9-13(17)18/h3-6H,2,7-9H2,1H3,(H,15,16)(H,17,18). The molecule has 2 N–H and O–H groups in total. The van der Waals surface area contributed by atoms with Crippen molar-refractivity contribution in [1.82, 2.24) is 0 Å². The molecule has 0 atom stereocenters. The van der Waals surface area contributed by atoms with Gasteiger partial charge in [-0.1, -0.05) is 19.1 Å². The lowest BCUT2D eigenvalue weighted by atomic mass is 10.2. The number of carboxylic acid groups (broad SMARTS) is 2. The van der Waals surface area contributed by atoms with E-state index in [2.05, 4.69) is 0 Å². The molecule has 0 heterocycles. The van der Waals surface area contributed by atoms with E-state index in [1.807, 2.05) is 6.92 Å². The molecule has 0 saturated heterocycles. The third-order valence-corrected chi connectivity index (χ3v) is 2.32. The van der Waals surface area contributed by atoms with Gasteiger partial charge in [-0.15, -0.1) is 0 Å². The van der Waals surface area contributed by atoms with Gasteiger partial charge in [0, 0.05) is 0 Å². The Balaban J connectivity index is 2.98. The van der Waals surface area contributed by atoms with Crippen molar-refractivity contribution < 1.29 is 24.5 Å². The molecule has 0 radical (unpaired) electrons. The van der Waals surface area contributed by atoms with E-state index < -0.39 is 25.0 Å². The van der Waals surface area contributed by atoms with Gasteiger partial charge in [0.15, 0.2) is 0 Å². The summed E-state index contributed by atoms with van der Waals surface area (Å²) in [6.07, 6.45) is 0.812. The van der Waals surface area contributed by atoms with Gasteiger partial charge in [-0.05, 0) is 18.6 Å². The van der Waals surface area contributed by atoms with E-state index in [-0.39, 0.29) is 0 Å². The van der Waals surface area contributed by atoms with Crippen molar-refractivity contribution >= 4 is 17.6 Å². The maximum absolute atomic E-state index is 10.8. The molecule has 0 unspecified atom stereocenters. The Labute approximate surface area is 111 Å². The monoisotopic (exact) mass is 267 g/mol. The van der Waals surface area contributed by atoms with Crippen molar-refractivity contribution in [3.05, 3.63) is 24.3 Å². The number of carbonyl (C=O) groups is 2. The second-order valence-electron chi connectivity index (χ2n) is 3.96. The van der Waals surface area contributed by atoms with Crippen molar-refractivity contribution in [2.75, 3.05) is 24.6 Å². The Morgan fingerprint density at radius 1 is 1.16 bits per heavy atom. The first kappa shape index (κ1) is 14.8. The summed E-state index contributed by atoms with van der Waals surface area (Å²) in [4.78, 5) is 22.9. The third-order valence-electron chi connectivity index (χ3n) is 2.32. The number of ether oxygens (including phenoxy) is 1. The van der Waals surface area contributed by atoms with Crippen molar-refractivity contribution in [3.8, 4) is 5.75 Å².